The van der Waals surface area contributed by atoms with Crippen LogP contribution in [0.15, 0.2) is 47.5 Å². The van der Waals surface area contributed by atoms with Gasteiger partial charge in [0.25, 0.3) is 5.91 Å². The molecule has 0 saturated carbocycles. The van der Waals surface area contributed by atoms with Crippen LogP contribution in [-0.4, -0.2) is 33.3 Å². The number of halogens is 2. The molecule has 0 saturated heterocycles. The third kappa shape index (κ3) is 5.81. The van der Waals surface area contributed by atoms with E-state index in [1.54, 1.807) is 47.4 Å². The van der Waals surface area contributed by atoms with Gasteiger partial charge in [-0.05, 0) is 67.0 Å². The molecular weight excluding hydrogens is 471 g/mol. The molecule has 3 rings (SSSR count). The zero-order valence-corrected chi connectivity index (χ0v) is 21.9. The molecule has 34 heavy (non-hydrogen) atoms. The Bertz CT molecular complexity index is 1090. The predicted molar refractivity (Wildman–Crippen MR) is 138 cm³/mol. The van der Waals surface area contributed by atoms with Gasteiger partial charge in [0.05, 0.1) is 5.56 Å². The van der Waals surface area contributed by atoms with Gasteiger partial charge < -0.3 is 10.0 Å². The van der Waals surface area contributed by atoms with Crippen LogP contribution in [0.5, 0.6) is 0 Å². The maximum Gasteiger partial charge on any atom is 0.335 e. The summed E-state index contributed by atoms with van der Waals surface area (Å²) in [7, 11) is 0. The first kappa shape index (κ1) is 26.2. The van der Waals surface area contributed by atoms with E-state index < -0.39 is 11.6 Å². The molecule has 0 aliphatic carbocycles. The van der Waals surface area contributed by atoms with Crippen molar-refractivity contribution in [2.24, 2.45) is 16.3 Å². The Balaban J connectivity index is 1.97. The molecule has 2 unspecified atom stereocenters. The summed E-state index contributed by atoms with van der Waals surface area (Å²) in [5.41, 5.74) is 1.40. The maximum absolute atomic E-state index is 13.6. The lowest BCUT2D eigenvalue weighted by molar-refractivity contribution is -0.128. The van der Waals surface area contributed by atoms with Gasteiger partial charge in [-0.2, -0.15) is 0 Å². The van der Waals surface area contributed by atoms with Crippen LogP contribution in [0.25, 0.3) is 0 Å². The molecule has 1 amide bonds. The maximum atomic E-state index is 13.6. The van der Waals surface area contributed by atoms with Crippen LogP contribution in [0.4, 0.5) is 0 Å². The summed E-state index contributed by atoms with van der Waals surface area (Å²) in [6, 6.07) is 11.6. The van der Waals surface area contributed by atoms with Crippen molar-refractivity contribution >= 4 is 40.8 Å². The number of benzene rings is 2. The summed E-state index contributed by atoms with van der Waals surface area (Å²) < 4.78 is 0. The smallest absolute Gasteiger partial charge is 0.335 e. The number of amides is 1. The van der Waals surface area contributed by atoms with Gasteiger partial charge in [0, 0.05) is 22.2 Å². The second kappa shape index (κ2) is 10.1. The van der Waals surface area contributed by atoms with Crippen LogP contribution in [-0.2, 0) is 11.3 Å². The highest BCUT2D eigenvalue weighted by Crippen LogP contribution is 2.39. The molecule has 1 aliphatic heterocycles. The van der Waals surface area contributed by atoms with Gasteiger partial charge in [0.15, 0.2) is 0 Å². The fourth-order valence-corrected chi connectivity index (χ4v) is 5.17. The van der Waals surface area contributed by atoms with Crippen molar-refractivity contribution in [3.63, 3.8) is 0 Å². The molecule has 7 heteroatoms. The number of carbonyl (C=O) groups is 2. The SMILES string of the molecule is CCC(CCC1(C)N=C(c2cc(Cl)cc(Cl)c2)C(=O)N1Cc1ccc(C(=O)O)cc1)C(C)(C)C. The molecule has 0 bridgehead atoms. The molecule has 2 aromatic carbocycles. The standard InChI is InChI=1S/C27H32Cl2N2O3/c1-6-20(26(2,3)4)11-12-27(5)30-23(19-13-21(28)15-22(29)14-19)24(32)31(27)16-17-7-9-18(10-8-17)25(33)34/h7-10,13-15,20H,6,11-12,16H2,1-5H3,(H,33,34). The Labute approximate surface area is 211 Å². The number of carbonyl (C=O) groups excluding carboxylic acids is 1. The van der Waals surface area contributed by atoms with Crippen LogP contribution >= 0.6 is 23.2 Å². The zero-order chi connectivity index (χ0) is 25.3. The largest absolute Gasteiger partial charge is 0.478 e. The van der Waals surface area contributed by atoms with Crippen molar-refractivity contribution in [2.75, 3.05) is 0 Å². The van der Waals surface area contributed by atoms with Crippen LogP contribution < -0.4 is 0 Å². The summed E-state index contributed by atoms with van der Waals surface area (Å²) in [5, 5.41) is 10.1. The second-order valence-electron chi connectivity index (χ2n) is 10.2. The molecule has 182 valence electrons. The van der Waals surface area contributed by atoms with E-state index in [1.165, 1.54) is 0 Å². The van der Waals surface area contributed by atoms with Crippen LogP contribution in [0.2, 0.25) is 10.0 Å². The van der Waals surface area contributed by atoms with Crippen LogP contribution in [0, 0.1) is 11.3 Å². The van der Waals surface area contributed by atoms with E-state index in [9.17, 15) is 14.7 Å². The van der Waals surface area contributed by atoms with Gasteiger partial charge in [-0.15, -0.1) is 0 Å². The lowest BCUT2D eigenvalue weighted by Crippen LogP contribution is -2.44. The monoisotopic (exact) mass is 502 g/mol. The summed E-state index contributed by atoms with van der Waals surface area (Å²) in [6.07, 6.45) is 2.68. The summed E-state index contributed by atoms with van der Waals surface area (Å²) >= 11 is 12.4. The van der Waals surface area contributed by atoms with Gasteiger partial charge in [-0.25, -0.2) is 4.79 Å². The van der Waals surface area contributed by atoms with Crippen LogP contribution in [0.1, 0.15) is 75.4 Å². The van der Waals surface area contributed by atoms with Gasteiger partial charge in [-0.3, -0.25) is 9.79 Å². The molecule has 0 fully saturated rings. The number of rotatable bonds is 8. The first-order valence-electron chi connectivity index (χ1n) is 11.5. The highest BCUT2D eigenvalue weighted by atomic mass is 35.5. The van der Waals surface area contributed by atoms with Crippen molar-refractivity contribution < 1.29 is 14.7 Å². The molecule has 0 radical (unpaired) electrons. The van der Waals surface area contributed by atoms with E-state index in [4.69, 9.17) is 28.2 Å². The van der Waals surface area contributed by atoms with Crippen molar-refractivity contribution in [3.8, 4) is 0 Å². The lowest BCUT2D eigenvalue weighted by atomic mass is 9.75. The zero-order valence-electron chi connectivity index (χ0n) is 20.4. The average molecular weight is 503 g/mol. The first-order valence-corrected chi connectivity index (χ1v) is 12.3. The lowest BCUT2D eigenvalue weighted by Gasteiger charge is -2.37. The molecule has 0 aromatic heterocycles. The summed E-state index contributed by atoms with van der Waals surface area (Å²) in [5.74, 6) is -0.687. The van der Waals surface area contributed by atoms with E-state index in [2.05, 4.69) is 27.7 Å². The van der Waals surface area contributed by atoms with Crippen molar-refractivity contribution in [1.82, 2.24) is 4.90 Å². The van der Waals surface area contributed by atoms with Crippen LogP contribution in [0.3, 0.4) is 0 Å². The molecule has 2 atom stereocenters. The normalized spacial score (nSPS) is 19.3. The highest BCUT2D eigenvalue weighted by molar-refractivity contribution is 6.47. The molecule has 1 N–H and O–H groups in total. The van der Waals surface area contributed by atoms with Gasteiger partial charge in [0.2, 0.25) is 0 Å². The Kier molecular flexibility index (Phi) is 7.79. The molecule has 0 spiro atoms. The second-order valence-corrected chi connectivity index (χ2v) is 11.1. The van der Waals surface area contributed by atoms with Crippen molar-refractivity contribution in [3.05, 3.63) is 69.2 Å². The number of carboxylic acid groups (broad SMARTS) is 1. The quantitative estimate of drug-likeness (QED) is 0.418. The fourth-order valence-electron chi connectivity index (χ4n) is 4.64. The molecule has 5 nitrogen and oxygen atoms in total. The predicted octanol–water partition coefficient (Wildman–Crippen LogP) is 7.09. The number of nitrogens with zero attached hydrogens (tertiary/aromatic N) is 2. The minimum Gasteiger partial charge on any atom is -0.478 e. The summed E-state index contributed by atoms with van der Waals surface area (Å²) in [4.78, 5) is 31.6. The summed E-state index contributed by atoms with van der Waals surface area (Å²) in [6.45, 7) is 11.2. The minimum absolute atomic E-state index is 0.151. The van der Waals surface area contributed by atoms with Gasteiger partial charge in [0.1, 0.15) is 11.4 Å². The molecular formula is C27H32Cl2N2O3. The number of hydrogen-bond donors (Lipinski definition) is 1. The molecule has 2 aromatic rings. The van der Waals surface area contributed by atoms with E-state index in [-0.39, 0.29) is 16.9 Å². The third-order valence-electron chi connectivity index (χ3n) is 6.74. The van der Waals surface area contributed by atoms with E-state index in [0.29, 0.717) is 40.2 Å². The van der Waals surface area contributed by atoms with E-state index >= 15 is 0 Å². The van der Waals surface area contributed by atoms with E-state index in [0.717, 1.165) is 18.4 Å². The highest BCUT2D eigenvalue weighted by Gasteiger charge is 2.44. The number of hydrogen-bond acceptors (Lipinski definition) is 3. The van der Waals surface area contributed by atoms with Gasteiger partial charge >= 0.3 is 5.97 Å². The molecule has 1 aliphatic rings. The number of aliphatic imine (C=N–C) groups is 1. The third-order valence-corrected chi connectivity index (χ3v) is 7.18. The Morgan fingerprint density at radius 1 is 1.12 bits per heavy atom. The van der Waals surface area contributed by atoms with Gasteiger partial charge in [-0.1, -0.05) is 69.5 Å². The Morgan fingerprint density at radius 2 is 1.71 bits per heavy atom. The topological polar surface area (TPSA) is 70.0 Å². The Morgan fingerprint density at radius 3 is 2.21 bits per heavy atom. The first-order chi connectivity index (χ1) is 15.8. The average Bonchev–Trinajstić information content (AvgIpc) is 2.98. The molecule has 1 heterocycles. The van der Waals surface area contributed by atoms with Crippen molar-refractivity contribution in [2.45, 2.75) is 66.1 Å². The van der Waals surface area contributed by atoms with E-state index in [1.807, 2.05) is 6.92 Å². The minimum atomic E-state index is -0.982. The number of aromatic carboxylic acids is 1. The number of carboxylic acids is 1. The fraction of sp³-hybridized carbons (Fsp3) is 0.444. The Hall–Kier alpha value is -2.37. The van der Waals surface area contributed by atoms with Crippen molar-refractivity contribution in [1.29, 1.82) is 0 Å².